The highest BCUT2D eigenvalue weighted by Gasteiger charge is 2.43. The van der Waals surface area contributed by atoms with E-state index < -0.39 is 30.4 Å². The predicted octanol–water partition coefficient (Wildman–Crippen LogP) is 1.71. The molecule has 0 unspecified atom stereocenters. The summed E-state index contributed by atoms with van der Waals surface area (Å²) in [6.07, 6.45) is 10.4. The summed E-state index contributed by atoms with van der Waals surface area (Å²) in [6, 6.07) is -1.09. The molecule has 5 heteroatoms. The number of aliphatic hydroxyl groups excluding tert-OH is 4. The summed E-state index contributed by atoms with van der Waals surface area (Å²) in [5, 5.41) is 41.8. The Bertz CT molecular complexity index is 290. The van der Waals surface area contributed by atoms with Crippen LogP contribution in [0, 0.1) is 0 Å². The Balaban J connectivity index is 2.01. The minimum absolute atomic E-state index is 0.236. The summed E-state index contributed by atoms with van der Waals surface area (Å²) in [4.78, 5) is 0. The second kappa shape index (κ2) is 12.2. The van der Waals surface area contributed by atoms with Crippen molar-refractivity contribution in [1.82, 2.24) is 5.32 Å². The molecule has 138 valence electrons. The van der Waals surface area contributed by atoms with E-state index in [2.05, 4.69) is 12.2 Å². The number of unbranched alkanes of at least 4 members (excludes halogenated alkanes) is 9. The van der Waals surface area contributed by atoms with E-state index in [1.807, 2.05) is 0 Å². The quantitative estimate of drug-likeness (QED) is 0.331. The largest absolute Gasteiger partial charge is 0.395 e. The summed E-state index contributed by atoms with van der Waals surface area (Å²) in [7, 11) is 0. The Morgan fingerprint density at radius 3 is 1.83 bits per heavy atom. The first kappa shape index (κ1) is 20.8. The molecule has 1 aliphatic heterocycles. The first-order valence-electron chi connectivity index (χ1n) is 9.53. The Labute approximate surface area is 141 Å². The minimum Gasteiger partial charge on any atom is -0.395 e. The molecule has 1 heterocycles. The monoisotopic (exact) mass is 331 g/mol. The molecule has 0 aromatic rings. The third-order valence-electron chi connectivity index (χ3n) is 5.00. The molecule has 0 radical (unpaired) electrons. The van der Waals surface area contributed by atoms with Gasteiger partial charge in [-0.05, 0) is 6.42 Å². The van der Waals surface area contributed by atoms with Crippen LogP contribution in [0.25, 0.3) is 0 Å². The van der Waals surface area contributed by atoms with Gasteiger partial charge in [0.25, 0.3) is 0 Å². The molecular formula is C18H37NO4. The molecule has 0 amide bonds. The minimum atomic E-state index is -1.01. The molecule has 23 heavy (non-hydrogen) atoms. The third kappa shape index (κ3) is 7.48. The van der Waals surface area contributed by atoms with Crippen molar-refractivity contribution in [3.63, 3.8) is 0 Å². The van der Waals surface area contributed by atoms with E-state index in [4.69, 9.17) is 5.11 Å². The Kier molecular flexibility index (Phi) is 11.1. The van der Waals surface area contributed by atoms with Gasteiger partial charge in [0.05, 0.1) is 37.0 Å². The van der Waals surface area contributed by atoms with Gasteiger partial charge in [-0.2, -0.15) is 0 Å². The SMILES string of the molecule is CCCCCCCCCCCC[C@H](O)[C@H]1N[C@H](CO)[C@@H](O)[C@@H]1O. The maximum Gasteiger partial charge on any atom is 0.0993 e. The molecule has 0 aromatic heterocycles. The molecule has 5 atom stereocenters. The van der Waals surface area contributed by atoms with Crippen LogP contribution in [-0.4, -0.2) is 57.4 Å². The first-order chi connectivity index (χ1) is 11.1. The second-order valence-electron chi connectivity index (χ2n) is 7.00. The van der Waals surface area contributed by atoms with Gasteiger partial charge in [0.1, 0.15) is 0 Å². The molecule has 1 saturated heterocycles. The van der Waals surface area contributed by atoms with E-state index >= 15 is 0 Å². The predicted molar refractivity (Wildman–Crippen MR) is 92.3 cm³/mol. The van der Waals surface area contributed by atoms with Crippen molar-refractivity contribution in [3.05, 3.63) is 0 Å². The van der Waals surface area contributed by atoms with Crippen LogP contribution < -0.4 is 5.32 Å². The first-order valence-corrected chi connectivity index (χ1v) is 9.53. The molecule has 1 aliphatic rings. The lowest BCUT2D eigenvalue weighted by Gasteiger charge is -2.22. The average Bonchev–Trinajstić information content (AvgIpc) is 2.84. The summed E-state index contributed by atoms with van der Waals surface area (Å²) in [5.41, 5.74) is 0. The van der Waals surface area contributed by atoms with Crippen LogP contribution in [0.2, 0.25) is 0 Å². The molecule has 0 aliphatic carbocycles. The van der Waals surface area contributed by atoms with Crippen molar-refractivity contribution in [2.45, 2.75) is 108 Å². The summed E-state index contributed by atoms with van der Waals surface area (Å²) >= 11 is 0. The summed E-state index contributed by atoms with van der Waals surface area (Å²) in [6.45, 7) is 2.00. The van der Waals surface area contributed by atoms with Crippen molar-refractivity contribution in [3.8, 4) is 0 Å². The zero-order valence-electron chi connectivity index (χ0n) is 14.7. The fourth-order valence-corrected chi connectivity index (χ4v) is 3.41. The molecule has 5 nitrogen and oxygen atoms in total. The number of hydrogen-bond donors (Lipinski definition) is 5. The van der Waals surface area contributed by atoms with Crippen molar-refractivity contribution in [2.24, 2.45) is 0 Å². The summed E-state index contributed by atoms with van der Waals surface area (Å²) in [5.74, 6) is 0. The van der Waals surface area contributed by atoms with Crippen molar-refractivity contribution in [2.75, 3.05) is 6.61 Å². The Morgan fingerprint density at radius 1 is 0.826 bits per heavy atom. The fraction of sp³-hybridized carbons (Fsp3) is 1.00. The van der Waals surface area contributed by atoms with Gasteiger partial charge in [-0.3, -0.25) is 0 Å². The molecule has 1 fully saturated rings. The standard InChI is InChI=1S/C18H37NO4/c1-2-3-4-5-6-7-8-9-10-11-12-15(21)16-18(23)17(22)14(13-20)19-16/h14-23H,2-13H2,1H3/t14-,15+,16-,17-,18-/m1/s1. The number of rotatable bonds is 13. The number of nitrogens with one attached hydrogen (secondary N) is 1. The lowest BCUT2D eigenvalue weighted by Crippen LogP contribution is -2.44. The van der Waals surface area contributed by atoms with E-state index in [0.717, 1.165) is 12.8 Å². The van der Waals surface area contributed by atoms with Gasteiger partial charge in [-0.25, -0.2) is 0 Å². The van der Waals surface area contributed by atoms with Crippen molar-refractivity contribution in [1.29, 1.82) is 0 Å². The van der Waals surface area contributed by atoms with Crippen molar-refractivity contribution >= 4 is 0 Å². The topological polar surface area (TPSA) is 93.0 Å². The van der Waals surface area contributed by atoms with E-state index in [1.165, 1.54) is 51.4 Å². The smallest absolute Gasteiger partial charge is 0.0993 e. The van der Waals surface area contributed by atoms with Crippen LogP contribution in [0.3, 0.4) is 0 Å². The highest BCUT2D eigenvalue weighted by atomic mass is 16.3. The van der Waals surface area contributed by atoms with Crippen LogP contribution in [0.4, 0.5) is 0 Å². The molecule has 5 N–H and O–H groups in total. The molecular weight excluding hydrogens is 294 g/mol. The van der Waals surface area contributed by atoms with Gasteiger partial charge in [0.15, 0.2) is 0 Å². The van der Waals surface area contributed by atoms with Gasteiger partial charge in [-0.1, -0.05) is 71.1 Å². The average molecular weight is 331 g/mol. The fourth-order valence-electron chi connectivity index (χ4n) is 3.41. The highest BCUT2D eigenvalue weighted by molar-refractivity contribution is 5.00. The van der Waals surface area contributed by atoms with Gasteiger partial charge in [-0.15, -0.1) is 0 Å². The number of aliphatic hydroxyl groups is 4. The van der Waals surface area contributed by atoms with Crippen LogP contribution in [0.15, 0.2) is 0 Å². The van der Waals surface area contributed by atoms with Crippen LogP contribution >= 0.6 is 0 Å². The van der Waals surface area contributed by atoms with E-state index in [9.17, 15) is 15.3 Å². The van der Waals surface area contributed by atoms with Crippen LogP contribution in [0.1, 0.15) is 77.6 Å². The van der Waals surface area contributed by atoms with Gasteiger partial charge in [0, 0.05) is 0 Å². The third-order valence-corrected chi connectivity index (χ3v) is 5.00. The molecule has 1 rings (SSSR count). The zero-order valence-corrected chi connectivity index (χ0v) is 14.7. The molecule has 0 saturated carbocycles. The Morgan fingerprint density at radius 2 is 1.35 bits per heavy atom. The molecule has 0 bridgehead atoms. The maximum absolute atomic E-state index is 10.2. The lowest BCUT2D eigenvalue weighted by atomic mass is 9.98. The van der Waals surface area contributed by atoms with E-state index in [1.54, 1.807) is 0 Å². The maximum atomic E-state index is 10.2. The number of hydrogen-bond acceptors (Lipinski definition) is 5. The second-order valence-corrected chi connectivity index (χ2v) is 7.00. The molecule has 0 aromatic carbocycles. The van der Waals surface area contributed by atoms with Crippen LogP contribution in [0.5, 0.6) is 0 Å². The van der Waals surface area contributed by atoms with E-state index in [0.29, 0.717) is 6.42 Å². The zero-order chi connectivity index (χ0) is 17.1. The van der Waals surface area contributed by atoms with Crippen LogP contribution in [-0.2, 0) is 0 Å². The summed E-state index contributed by atoms with van der Waals surface area (Å²) < 4.78 is 0. The van der Waals surface area contributed by atoms with E-state index in [-0.39, 0.29) is 6.61 Å². The molecule has 0 spiro atoms. The lowest BCUT2D eigenvalue weighted by molar-refractivity contribution is -0.00443. The van der Waals surface area contributed by atoms with Gasteiger partial charge < -0.3 is 25.7 Å². The highest BCUT2D eigenvalue weighted by Crippen LogP contribution is 2.20. The van der Waals surface area contributed by atoms with Gasteiger partial charge >= 0.3 is 0 Å². The Hall–Kier alpha value is -0.200. The normalized spacial score (nSPS) is 29.1. The van der Waals surface area contributed by atoms with Gasteiger partial charge in [0.2, 0.25) is 0 Å². The van der Waals surface area contributed by atoms with Crippen molar-refractivity contribution < 1.29 is 20.4 Å².